The summed E-state index contributed by atoms with van der Waals surface area (Å²) in [5, 5.41) is 8.11. The zero-order valence-electron chi connectivity index (χ0n) is 16.3. The number of anilines is 1. The van der Waals surface area contributed by atoms with Gasteiger partial charge in [0.1, 0.15) is 11.5 Å². The minimum Gasteiger partial charge on any atom is -0.324 e. The van der Waals surface area contributed by atoms with Gasteiger partial charge in [-0.3, -0.25) is 0 Å². The Labute approximate surface area is 163 Å². The first-order valence-electron chi connectivity index (χ1n) is 9.62. The molecule has 1 saturated heterocycles. The molecule has 146 valence electrons. The maximum absolute atomic E-state index is 14.5. The monoisotopic (exact) mass is 381 g/mol. The van der Waals surface area contributed by atoms with E-state index in [0.29, 0.717) is 23.2 Å². The topological polar surface area (TPSA) is 63.1 Å². The van der Waals surface area contributed by atoms with Crippen LogP contribution in [0, 0.1) is 11.7 Å². The van der Waals surface area contributed by atoms with E-state index in [1.807, 2.05) is 6.07 Å². The van der Waals surface area contributed by atoms with Crippen LogP contribution in [0.25, 0.3) is 16.7 Å². The van der Waals surface area contributed by atoms with Crippen LogP contribution in [0.5, 0.6) is 0 Å². The fourth-order valence-electron chi connectivity index (χ4n) is 3.46. The normalized spacial score (nSPS) is 16.9. The average molecular weight is 381 g/mol. The van der Waals surface area contributed by atoms with E-state index >= 15 is 0 Å². The molecule has 2 aromatic heterocycles. The van der Waals surface area contributed by atoms with E-state index in [2.05, 4.69) is 36.2 Å². The molecule has 1 fully saturated rings. The second-order valence-corrected chi connectivity index (χ2v) is 7.85. The van der Waals surface area contributed by atoms with Crippen molar-refractivity contribution in [3.63, 3.8) is 0 Å². The molecule has 0 spiro atoms. The predicted molar refractivity (Wildman–Crippen MR) is 107 cm³/mol. The van der Waals surface area contributed by atoms with E-state index in [-0.39, 0.29) is 11.7 Å². The number of amides is 2. The zero-order valence-corrected chi connectivity index (χ0v) is 16.3. The first-order chi connectivity index (χ1) is 13.4. The number of rotatable bonds is 3. The summed E-state index contributed by atoms with van der Waals surface area (Å²) in [4.78, 5) is 18.6. The van der Waals surface area contributed by atoms with Gasteiger partial charge < -0.3 is 10.2 Å². The van der Waals surface area contributed by atoms with Crippen LogP contribution >= 0.6 is 0 Å². The lowest BCUT2D eigenvalue weighted by atomic mass is 10.1. The molecule has 2 amide bonds. The molecular weight excluding hydrogens is 357 g/mol. The van der Waals surface area contributed by atoms with Crippen LogP contribution in [-0.4, -0.2) is 38.8 Å². The van der Waals surface area contributed by atoms with E-state index in [0.717, 1.165) is 30.5 Å². The van der Waals surface area contributed by atoms with Crippen molar-refractivity contribution in [3.05, 3.63) is 48.0 Å². The Balaban J connectivity index is 1.62. The number of nitrogens with zero attached hydrogens (tertiary/aromatic N) is 4. The van der Waals surface area contributed by atoms with E-state index in [1.165, 1.54) is 10.7 Å². The Hall–Kier alpha value is -2.96. The Morgan fingerprint density at radius 1 is 1.32 bits per heavy atom. The molecule has 28 heavy (non-hydrogen) atoms. The van der Waals surface area contributed by atoms with Gasteiger partial charge in [-0.15, -0.1) is 5.10 Å². The number of carbonyl (C=O) groups is 1. The molecule has 0 radical (unpaired) electrons. The third-order valence-electron chi connectivity index (χ3n) is 5.20. The third kappa shape index (κ3) is 3.56. The average Bonchev–Trinajstić information content (AvgIpc) is 3.28. The fourth-order valence-corrected chi connectivity index (χ4v) is 3.46. The zero-order chi connectivity index (χ0) is 19.8. The van der Waals surface area contributed by atoms with Crippen molar-refractivity contribution < 1.29 is 9.18 Å². The summed E-state index contributed by atoms with van der Waals surface area (Å²) in [6, 6.07) is 6.37. The largest absolute Gasteiger partial charge is 0.324 e. The number of nitrogens with one attached hydrogen (secondary N) is 1. The van der Waals surface area contributed by atoms with Gasteiger partial charge in [0.15, 0.2) is 5.65 Å². The van der Waals surface area contributed by atoms with E-state index in [4.69, 9.17) is 0 Å². The highest BCUT2D eigenvalue weighted by atomic mass is 19.1. The summed E-state index contributed by atoms with van der Waals surface area (Å²) in [5.74, 6) is 0.447. The summed E-state index contributed by atoms with van der Waals surface area (Å²) in [7, 11) is 0. The molecule has 1 atom stereocenters. The van der Waals surface area contributed by atoms with Gasteiger partial charge in [-0.05, 0) is 48.1 Å². The first-order valence-corrected chi connectivity index (χ1v) is 9.62. The van der Waals surface area contributed by atoms with Gasteiger partial charge in [-0.1, -0.05) is 20.8 Å². The summed E-state index contributed by atoms with van der Waals surface area (Å²) < 4.78 is 16.0. The number of aromatic nitrogens is 3. The van der Waals surface area contributed by atoms with Crippen LogP contribution in [0.2, 0.25) is 0 Å². The van der Waals surface area contributed by atoms with Crippen molar-refractivity contribution >= 4 is 22.8 Å². The van der Waals surface area contributed by atoms with Crippen molar-refractivity contribution in [2.75, 3.05) is 18.4 Å². The maximum atomic E-state index is 14.5. The van der Waals surface area contributed by atoms with Crippen molar-refractivity contribution in [1.29, 1.82) is 0 Å². The molecule has 7 heteroatoms. The summed E-state index contributed by atoms with van der Waals surface area (Å²) in [6.07, 6.45) is 4.57. The highest BCUT2D eigenvalue weighted by molar-refractivity contribution is 5.89. The molecular formula is C21H24FN5O. The van der Waals surface area contributed by atoms with Crippen molar-refractivity contribution in [1.82, 2.24) is 19.7 Å². The van der Waals surface area contributed by atoms with E-state index in [1.54, 1.807) is 29.4 Å². The maximum Gasteiger partial charge on any atom is 0.321 e. The summed E-state index contributed by atoms with van der Waals surface area (Å²) in [5.41, 5.74) is 2.48. The molecule has 0 saturated carbocycles. The van der Waals surface area contributed by atoms with Gasteiger partial charge in [-0.25, -0.2) is 18.9 Å². The van der Waals surface area contributed by atoms with Crippen molar-refractivity contribution in [2.45, 2.75) is 33.1 Å². The molecule has 1 aliphatic heterocycles. The predicted octanol–water partition coefficient (Wildman–Crippen LogP) is 4.56. The Morgan fingerprint density at radius 2 is 2.14 bits per heavy atom. The lowest BCUT2D eigenvalue weighted by Gasteiger charge is -2.17. The SMILES string of the molecule is CC(C)c1cnc2nn(-c3cc(NC(=O)N4CC[C@@H](C)C4)ccc3F)cc2c1. The molecule has 4 rings (SSSR count). The van der Waals surface area contributed by atoms with Crippen LogP contribution in [0.3, 0.4) is 0 Å². The number of pyridine rings is 1. The molecule has 0 unspecified atom stereocenters. The van der Waals surface area contributed by atoms with E-state index < -0.39 is 5.82 Å². The van der Waals surface area contributed by atoms with Gasteiger partial charge in [0.2, 0.25) is 0 Å². The number of hydrogen-bond acceptors (Lipinski definition) is 3. The lowest BCUT2D eigenvalue weighted by Crippen LogP contribution is -2.32. The second-order valence-electron chi connectivity index (χ2n) is 7.85. The van der Waals surface area contributed by atoms with Crippen LogP contribution in [0.1, 0.15) is 38.7 Å². The number of halogens is 1. The van der Waals surface area contributed by atoms with Crippen LogP contribution in [0.15, 0.2) is 36.7 Å². The molecule has 3 aromatic rings. The number of benzene rings is 1. The van der Waals surface area contributed by atoms with E-state index in [9.17, 15) is 9.18 Å². The second kappa shape index (κ2) is 7.22. The number of likely N-dealkylation sites (tertiary alicyclic amines) is 1. The van der Waals surface area contributed by atoms with Crippen molar-refractivity contribution in [2.24, 2.45) is 5.92 Å². The minimum atomic E-state index is -0.412. The van der Waals surface area contributed by atoms with Crippen LogP contribution in [0.4, 0.5) is 14.9 Å². The van der Waals surface area contributed by atoms with Gasteiger partial charge in [0.25, 0.3) is 0 Å². The number of hydrogen-bond donors (Lipinski definition) is 1. The highest BCUT2D eigenvalue weighted by Gasteiger charge is 2.23. The number of carbonyl (C=O) groups excluding carboxylic acids is 1. The molecule has 1 aliphatic rings. The van der Waals surface area contributed by atoms with Crippen molar-refractivity contribution in [3.8, 4) is 5.69 Å². The van der Waals surface area contributed by atoms with Crippen LogP contribution in [-0.2, 0) is 0 Å². The lowest BCUT2D eigenvalue weighted by molar-refractivity contribution is 0.221. The van der Waals surface area contributed by atoms with Gasteiger partial charge >= 0.3 is 6.03 Å². The Kier molecular flexibility index (Phi) is 4.75. The van der Waals surface area contributed by atoms with Crippen LogP contribution < -0.4 is 5.32 Å². The molecule has 0 aliphatic carbocycles. The molecule has 3 heterocycles. The fraction of sp³-hybridized carbons (Fsp3) is 0.381. The van der Waals surface area contributed by atoms with Gasteiger partial charge in [0.05, 0.1) is 0 Å². The van der Waals surface area contributed by atoms with Gasteiger partial charge in [0, 0.05) is 36.6 Å². The Bertz CT molecular complexity index is 1030. The minimum absolute atomic E-state index is 0.157. The first kappa shape index (κ1) is 18.4. The third-order valence-corrected chi connectivity index (χ3v) is 5.20. The summed E-state index contributed by atoms with van der Waals surface area (Å²) >= 11 is 0. The molecule has 0 bridgehead atoms. The molecule has 6 nitrogen and oxygen atoms in total. The Morgan fingerprint density at radius 3 is 2.86 bits per heavy atom. The highest BCUT2D eigenvalue weighted by Crippen LogP contribution is 2.24. The summed E-state index contributed by atoms with van der Waals surface area (Å²) in [6.45, 7) is 7.81. The van der Waals surface area contributed by atoms with Gasteiger partial charge in [-0.2, -0.15) is 0 Å². The molecule has 1 N–H and O–H groups in total. The smallest absolute Gasteiger partial charge is 0.321 e. The number of urea groups is 1. The quantitative estimate of drug-likeness (QED) is 0.724. The molecule has 1 aromatic carbocycles. The number of fused-ring (bicyclic) bond motifs is 1. The standard InChI is InChI=1S/C21H24FN5O/c1-13(2)15-8-16-12-27(25-20(16)23-10-15)19-9-17(4-5-18(19)22)24-21(28)26-7-6-14(3)11-26/h4-5,8-10,12-14H,6-7,11H2,1-3H3,(H,24,28)/t14-/m1/s1.